The van der Waals surface area contributed by atoms with E-state index in [1.54, 1.807) is 18.2 Å². The van der Waals surface area contributed by atoms with E-state index in [1.807, 2.05) is 30.3 Å². The fraction of sp³-hybridized carbons (Fsp3) is 0.350. The van der Waals surface area contributed by atoms with E-state index in [2.05, 4.69) is 0 Å². The van der Waals surface area contributed by atoms with E-state index in [1.165, 1.54) is 4.31 Å². The first kappa shape index (κ1) is 19.9. The molecule has 2 aromatic rings. The highest BCUT2D eigenvalue weighted by molar-refractivity contribution is 7.88. The molecule has 2 aromatic carbocycles. The summed E-state index contributed by atoms with van der Waals surface area (Å²) in [5.74, 6) is -0.404. The van der Waals surface area contributed by atoms with E-state index in [0.717, 1.165) is 17.4 Å². The third-order valence-corrected chi connectivity index (χ3v) is 6.16. The highest BCUT2D eigenvalue weighted by Crippen LogP contribution is 2.28. The lowest BCUT2D eigenvalue weighted by Crippen LogP contribution is -2.42. The van der Waals surface area contributed by atoms with Crippen molar-refractivity contribution in [2.75, 3.05) is 19.3 Å². The summed E-state index contributed by atoms with van der Waals surface area (Å²) in [7, 11) is -3.31. The Hall–Kier alpha value is -1.89. The Balaban J connectivity index is 1.76. The molecule has 1 unspecified atom stereocenters. The molecule has 7 heteroatoms. The van der Waals surface area contributed by atoms with E-state index < -0.39 is 21.9 Å². The molecule has 0 N–H and O–H groups in total. The Labute approximate surface area is 165 Å². The van der Waals surface area contributed by atoms with Gasteiger partial charge in [-0.15, -0.1) is 0 Å². The van der Waals surface area contributed by atoms with Gasteiger partial charge in [0.25, 0.3) is 0 Å². The molecule has 0 saturated carbocycles. The van der Waals surface area contributed by atoms with Crippen molar-refractivity contribution in [3.8, 4) is 5.75 Å². The van der Waals surface area contributed by atoms with E-state index in [-0.39, 0.29) is 6.54 Å². The summed E-state index contributed by atoms with van der Waals surface area (Å²) >= 11 is 6.12. The first-order chi connectivity index (χ1) is 12.8. The number of benzene rings is 2. The molecule has 0 aromatic heterocycles. The Morgan fingerprint density at radius 3 is 2.67 bits per heavy atom. The van der Waals surface area contributed by atoms with Crippen molar-refractivity contribution in [3.05, 3.63) is 64.7 Å². The molecule has 144 valence electrons. The predicted molar refractivity (Wildman–Crippen MR) is 105 cm³/mol. The van der Waals surface area contributed by atoms with Gasteiger partial charge in [-0.2, -0.15) is 0 Å². The second-order valence-electron chi connectivity index (χ2n) is 6.80. The minimum Gasteiger partial charge on any atom is -0.426 e. The van der Waals surface area contributed by atoms with Crippen LogP contribution < -0.4 is 4.74 Å². The number of sulfonamides is 1. The minimum absolute atomic E-state index is 0.166. The highest BCUT2D eigenvalue weighted by Gasteiger charge is 2.31. The number of carbonyl (C=O) groups is 1. The topological polar surface area (TPSA) is 63.7 Å². The molecule has 1 saturated heterocycles. The molecule has 1 aliphatic rings. The SMILES string of the molecule is CS(=O)(=O)N1CCCC(C(=O)Oc2ccc(Cl)cc2Cc2ccccc2)C1. The van der Waals surface area contributed by atoms with Gasteiger partial charge in [-0.3, -0.25) is 4.79 Å². The van der Waals surface area contributed by atoms with Crippen LogP contribution in [0.1, 0.15) is 24.0 Å². The summed E-state index contributed by atoms with van der Waals surface area (Å²) in [5, 5.41) is 0.571. The largest absolute Gasteiger partial charge is 0.426 e. The van der Waals surface area contributed by atoms with Crippen LogP contribution in [0.25, 0.3) is 0 Å². The summed E-state index contributed by atoms with van der Waals surface area (Å²) in [6, 6.07) is 15.0. The van der Waals surface area contributed by atoms with Crippen LogP contribution in [0, 0.1) is 5.92 Å². The number of piperidine rings is 1. The summed E-state index contributed by atoms with van der Waals surface area (Å²) in [4.78, 5) is 12.7. The van der Waals surface area contributed by atoms with Crippen molar-refractivity contribution < 1.29 is 17.9 Å². The van der Waals surface area contributed by atoms with Gasteiger partial charge in [-0.25, -0.2) is 12.7 Å². The molecule has 1 fully saturated rings. The molecule has 1 aliphatic heterocycles. The Kier molecular flexibility index (Phi) is 6.19. The monoisotopic (exact) mass is 407 g/mol. The number of halogens is 1. The van der Waals surface area contributed by atoms with Gasteiger partial charge in [0, 0.05) is 30.1 Å². The summed E-state index contributed by atoms with van der Waals surface area (Å²) in [6.07, 6.45) is 3.01. The number of hydrogen-bond donors (Lipinski definition) is 0. The van der Waals surface area contributed by atoms with Gasteiger partial charge in [0.15, 0.2) is 0 Å². The maximum atomic E-state index is 12.7. The van der Waals surface area contributed by atoms with Crippen LogP contribution in [-0.2, 0) is 21.2 Å². The molecule has 0 radical (unpaired) electrons. The predicted octanol–water partition coefficient (Wildman–Crippen LogP) is 3.51. The van der Waals surface area contributed by atoms with Gasteiger partial charge in [0.2, 0.25) is 10.0 Å². The fourth-order valence-corrected chi connectivity index (χ4v) is 4.34. The number of rotatable bonds is 5. The molecule has 5 nitrogen and oxygen atoms in total. The second-order valence-corrected chi connectivity index (χ2v) is 9.21. The van der Waals surface area contributed by atoms with Gasteiger partial charge in [-0.05, 0) is 36.6 Å². The lowest BCUT2D eigenvalue weighted by atomic mass is 10.00. The minimum atomic E-state index is -3.31. The van der Waals surface area contributed by atoms with Gasteiger partial charge in [0.1, 0.15) is 5.75 Å². The van der Waals surface area contributed by atoms with Crippen LogP contribution in [0.15, 0.2) is 48.5 Å². The number of nitrogens with zero attached hydrogens (tertiary/aromatic N) is 1. The van der Waals surface area contributed by atoms with Gasteiger partial charge in [0.05, 0.1) is 12.2 Å². The van der Waals surface area contributed by atoms with Crippen molar-refractivity contribution in [1.29, 1.82) is 0 Å². The van der Waals surface area contributed by atoms with Crippen molar-refractivity contribution in [1.82, 2.24) is 4.31 Å². The first-order valence-electron chi connectivity index (χ1n) is 8.82. The third-order valence-electron chi connectivity index (χ3n) is 4.66. The summed E-state index contributed by atoms with van der Waals surface area (Å²) < 4.78 is 30.5. The molecular weight excluding hydrogens is 386 g/mol. The number of carbonyl (C=O) groups excluding carboxylic acids is 1. The normalized spacial score (nSPS) is 18.2. The fourth-order valence-electron chi connectivity index (χ4n) is 3.23. The van der Waals surface area contributed by atoms with E-state index >= 15 is 0 Å². The molecule has 0 amide bonds. The Morgan fingerprint density at radius 2 is 1.96 bits per heavy atom. The van der Waals surface area contributed by atoms with Crippen LogP contribution in [0.5, 0.6) is 5.75 Å². The Morgan fingerprint density at radius 1 is 1.22 bits per heavy atom. The van der Waals surface area contributed by atoms with Crippen LogP contribution in [-0.4, -0.2) is 38.0 Å². The van der Waals surface area contributed by atoms with Crippen LogP contribution in [0.3, 0.4) is 0 Å². The van der Waals surface area contributed by atoms with Crippen LogP contribution in [0.4, 0.5) is 0 Å². The highest BCUT2D eigenvalue weighted by atomic mass is 35.5. The zero-order chi connectivity index (χ0) is 19.4. The van der Waals surface area contributed by atoms with E-state index in [4.69, 9.17) is 16.3 Å². The first-order valence-corrected chi connectivity index (χ1v) is 11.0. The quantitative estimate of drug-likeness (QED) is 0.562. The molecule has 0 aliphatic carbocycles. The molecule has 1 heterocycles. The molecule has 27 heavy (non-hydrogen) atoms. The average Bonchev–Trinajstić information content (AvgIpc) is 2.64. The average molecular weight is 408 g/mol. The van der Waals surface area contributed by atoms with Crippen LogP contribution in [0.2, 0.25) is 5.02 Å². The number of ether oxygens (including phenoxy) is 1. The summed E-state index contributed by atoms with van der Waals surface area (Å²) in [5.41, 5.74) is 1.90. The number of esters is 1. The van der Waals surface area contributed by atoms with E-state index in [0.29, 0.717) is 36.6 Å². The van der Waals surface area contributed by atoms with Crippen LogP contribution >= 0.6 is 11.6 Å². The van der Waals surface area contributed by atoms with Gasteiger partial charge in [-0.1, -0.05) is 41.9 Å². The molecule has 1 atom stereocenters. The maximum absolute atomic E-state index is 12.7. The molecule has 0 bridgehead atoms. The molecule has 3 rings (SSSR count). The smallest absolute Gasteiger partial charge is 0.315 e. The van der Waals surface area contributed by atoms with Crippen molar-refractivity contribution in [2.24, 2.45) is 5.92 Å². The number of hydrogen-bond acceptors (Lipinski definition) is 4. The Bertz CT molecular complexity index is 915. The third kappa shape index (κ3) is 5.31. The van der Waals surface area contributed by atoms with Gasteiger partial charge >= 0.3 is 5.97 Å². The van der Waals surface area contributed by atoms with Crippen molar-refractivity contribution in [2.45, 2.75) is 19.3 Å². The lowest BCUT2D eigenvalue weighted by molar-refractivity contribution is -0.140. The molecular formula is C20H22ClNO4S. The van der Waals surface area contributed by atoms with E-state index in [9.17, 15) is 13.2 Å². The standard InChI is InChI=1S/C20H22ClNO4S/c1-27(24,25)22-11-5-8-16(14-22)20(23)26-19-10-9-18(21)13-17(19)12-15-6-3-2-4-7-15/h2-4,6-7,9-10,13,16H,5,8,11-12,14H2,1H3. The zero-order valence-electron chi connectivity index (χ0n) is 15.1. The zero-order valence-corrected chi connectivity index (χ0v) is 16.7. The second kappa shape index (κ2) is 8.42. The van der Waals surface area contributed by atoms with Crippen molar-refractivity contribution >= 4 is 27.6 Å². The molecule has 0 spiro atoms. The van der Waals surface area contributed by atoms with Gasteiger partial charge < -0.3 is 4.74 Å². The van der Waals surface area contributed by atoms with Crippen molar-refractivity contribution in [3.63, 3.8) is 0 Å². The summed E-state index contributed by atoms with van der Waals surface area (Å²) in [6.45, 7) is 0.613. The lowest BCUT2D eigenvalue weighted by Gasteiger charge is -2.29. The maximum Gasteiger partial charge on any atom is 0.315 e.